The van der Waals surface area contributed by atoms with Gasteiger partial charge < -0.3 is 21.3 Å². The molecule has 0 spiro atoms. The molecule has 4 N–H and O–H groups in total. The predicted octanol–water partition coefficient (Wildman–Crippen LogP) is 2.97. The summed E-state index contributed by atoms with van der Waals surface area (Å²) in [4.78, 5) is 18.0. The van der Waals surface area contributed by atoms with Gasteiger partial charge >= 0.3 is 6.18 Å². The van der Waals surface area contributed by atoms with E-state index in [-0.39, 0.29) is 35.8 Å². The lowest BCUT2D eigenvalue weighted by Crippen LogP contribution is -2.43. The van der Waals surface area contributed by atoms with Crippen LogP contribution in [0.5, 0.6) is 0 Å². The zero-order valence-corrected chi connectivity index (χ0v) is 19.5. The number of hydrogen-bond donors (Lipinski definition) is 3. The molecule has 1 aromatic carbocycles. The van der Waals surface area contributed by atoms with E-state index in [1.165, 1.54) is 12.1 Å². The number of guanidine groups is 1. The molecule has 1 aliphatic heterocycles. The van der Waals surface area contributed by atoms with Crippen LogP contribution < -0.4 is 16.4 Å². The third-order valence-electron chi connectivity index (χ3n) is 4.90. The molecule has 1 saturated heterocycles. The number of amides is 1. The highest BCUT2D eigenvalue weighted by molar-refractivity contribution is 14.0. The average Bonchev–Trinajstić information content (AvgIpc) is 2.69. The van der Waals surface area contributed by atoms with Gasteiger partial charge in [0.05, 0.1) is 18.0 Å². The van der Waals surface area contributed by atoms with Crippen molar-refractivity contribution in [2.24, 2.45) is 16.6 Å². The Labute approximate surface area is 192 Å². The van der Waals surface area contributed by atoms with Crippen molar-refractivity contribution in [2.45, 2.75) is 38.9 Å². The molecule has 1 amide bonds. The first-order valence-corrected chi connectivity index (χ1v) is 9.99. The number of carbonyl (C=O) groups excluding carboxylic acids is 1. The van der Waals surface area contributed by atoms with Gasteiger partial charge in [-0.05, 0) is 57.0 Å². The summed E-state index contributed by atoms with van der Waals surface area (Å²) >= 11 is 0. The minimum Gasteiger partial charge on any atom is -0.369 e. The van der Waals surface area contributed by atoms with Crippen LogP contribution >= 0.6 is 24.0 Å². The molecular weight excluding hydrogens is 510 g/mol. The number of likely N-dealkylation sites (tertiary alicyclic amines) is 1. The van der Waals surface area contributed by atoms with Crippen molar-refractivity contribution in [3.05, 3.63) is 35.4 Å². The van der Waals surface area contributed by atoms with Crippen LogP contribution in [0.2, 0.25) is 0 Å². The van der Waals surface area contributed by atoms with E-state index in [1.54, 1.807) is 0 Å². The lowest BCUT2D eigenvalue weighted by Gasteiger charge is -2.31. The number of aliphatic imine (C=N–C) groups is 1. The summed E-state index contributed by atoms with van der Waals surface area (Å²) in [6, 6.07) is 5.04. The molecule has 1 aliphatic rings. The SMILES string of the molecule is CCNC(=NCc1ccc(C(F)(F)F)cc1)NCCCN1CCCC(C(N)=O)C1.I. The van der Waals surface area contributed by atoms with E-state index in [0.29, 0.717) is 31.2 Å². The Morgan fingerprint density at radius 2 is 1.97 bits per heavy atom. The van der Waals surface area contributed by atoms with E-state index in [9.17, 15) is 18.0 Å². The van der Waals surface area contributed by atoms with Gasteiger partial charge in [0.1, 0.15) is 0 Å². The number of nitrogens with zero attached hydrogens (tertiary/aromatic N) is 2. The lowest BCUT2D eigenvalue weighted by molar-refractivity contribution is -0.137. The molecule has 0 bridgehead atoms. The van der Waals surface area contributed by atoms with Crippen LogP contribution in [-0.4, -0.2) is 49.5 Å². The van der Waals surface area contributed by atoms with E-state index in [4.69, 9.17) is 5.73 Å². The zero-order chi connectivity index (χ0) is 21.3. The van der Waals surface area contributed by atoms with E-state index in [0.717, 1.165) is 51.0 Å². The van der Waals surface area contributed by atoms with E-state index < -0.39 is 11.7 Å². The molecule has 0 aromatic heterocycles. The van der Waals surface area contributed by atoms with Crippen LogP contribution in [0.1, 0.15) is 37.3 Å². The highest BCUT2D eigenvalue weighted by Gasteiger charge is 2.29. The Bertz CT molecular complexity index is 682. The Morgan fingerprint density at radius 3 is 2.57 bits per heavy atom. The van der Waals surface area contributed by atoms with E-state index in [1.807, 2.05) is 6.92 Å². The Morgan fingerprint density at radius 1 is 1.27 bits per heavy atom. The summed E-state index contributed by atoms with van der Waals surface area (Å²) in [6.45, 7) is 6.20. The van der Waals surface area contributed by atoms with Crippen LogP contribution in [0.4, 0.5) is 13.2 Å². The number of piperidine rings is 1. The Hall–Kier alpha value is -1.56. The third kappa shape index (κ3) is 9.07. The highest BCUT2D eigenvalue weighted by Crippen LogP contribution is 2.29. The lowest BCUT2D eigenvalue weighted by atomic mass is 9.97. The second kappa shape index (κ2) is 13.0. The fourth-order valence-electron chi connectivity index (χ4n) is 3.31. The molecule has 170 valence electrons. The quantitative estimate of drug-likeness (QED) is 0.205. The van der Waals surface area contributed by atoms with Gasteiger partial charge in [0, 0.05) is 19.6 Å². The monoisotopic (exact) mass is 541 g/mol. The molecular formula is C20H31F3IN5O. The van der Waals surface area contributed by atoms with Crippen molar-refractivity contribution in [3.8, 4) is 0 Å². The normalized spacial score (nSPS) is 17.9. The van der Waals surface area contributed by atoms with Gasteiger partial charge in [-0.25, -0.2) is 4.99 Å². The highest BCUT2D eigenvalue weighted by atomic mass is 127. The average molecular weight is 541 g/mol. The molecule has 1 unspecified atom stereocenters. The first-order valence-electron chi connectivity index (χ1n) is 9.99. The van der Waals surface area contributed by atoms with Crippen LogP contribution in [0, 0.1) is 5.92 Å². The number of rotatable bonds is 8. The number of alkyl halides is 3. The number of nitrogens with one attached hydrogen (secondary N) is 2. The van der Waals surface area contributed by atoms with E-state index >= 15 is 0 Å². The van der Waals surface area contributed by atoms with Gasteiger partial charge in [-0.3, -0.25) is 4.79 Å². The summed E-state index contributed by atoms with van der Waals surface area (Å²) in [6.07, 6.45) is -1.59. The van der Waals surface area contributed by atoms with Crippen molar-refractivity contribution >= 4 is 35.8 Å². The first-order chi connectivity index (χ1) is 13.8. The summed E-state index contributed by atoms with van der Waals surface area (Å²) in [5, 5.41) is 6.37. The number of benzene rings is 1. The molecule has 1 atom stereocenters. The summed E-state index contributed by atoms with van der Waals surface area (Å²) in [5.41, 5.74) is 5.46. The van der Waals surface area contributed by atoms with Gasteiger partial charge in [-0.15, -0.1) is 24.0 Å². The van der Waals surface area contributed by atoms with Crippen molar-refractivity contribution < 1.29 is 18.0 Å². The number of hydrogen-bond acceptors (Lipinski definition) is 3. The minimum absolute atomic E-state index is 0. The second-order valence-corrected chi connectivity index (χ2v) is 7.21. The van der Waals surface area contributed by atoms with Crippen molar-refractivity contribution in [1.29, 1.82) is 0 Å². The maximum absolute atomic E-state index is 12.6. The van der Waals surface area contributed by atoms with Gasteiger partial charge in [-0.2, -0.15) is 13.2 Å². The van der Waals surface area contributed by atoms with Crippen LogP contribution in [0.25, 0.3) is 0 Å². The largest absolute Gasteiger partial charge is 0.416 e. The molecule has 1 fully saturated rings. The van der Waals surface area contributed by atoms with E-state index in [2.05, 4.69) is 20.5 Å². The van der Waals surface area contributed by atoms with Crippen LogP contribution in [0.3, 0.4) is 0 Å². The molecule has 1 aromatic rings. The minimum atomic E-state index is -4.33. The number of halogens is 4. The fourth-order valence-corrected chi connectivity index (χ4v) is 3.31. The Kier molecular flexibility index (Phi) is 11.5. The molecule has 6 nitrogen and oxygen atoms in total. The van der Waals surface area contributed by atoms with Crippen molar-refractivity contribution in [3.63, 3.8) is 0 Å². The maximum Gasteiger partial charge on any atom is 0.416 e. The number of carbonyl (C=O) groups is 1. The van der Waals surface area contributed by atoms with Crippen molar-refractivity contribution in [2.75, 3.05) is 32.7 Å². The molecule has 2 rings (SSSR count). The molecule has 30 heavy (non-hydrogen) atoms. The summed E-state index contributed by atoms with van der Waals surface area (Å²) < 4.78 is 37.9. The predicted molar refractivity (Wildman–Crippen MR) is 123 cm³/mol. The van der Waals surface area contributed by atoms with Gasteiger partial charge in [0.25, 0.3) is 0 Å². The maximum atomic E-state index is 12.6. The van der Waals surface area contributed by atoms with Crippen molar-refractivity contribution in [1.82, 2.24) is 15.5 Å². The fraction of sp³-hybridized carbons (Fsp3) is 0.600. The van der Waals surface area contributed by atoms with Crippen LogP contribution in [0.15, 0.2) is 29.3 Å². The molecule has 10 heteroatoms. The first kappa shape index (κ1) is 26.5. The number of primary amides is 1. The molecule has 1 heterocycles. The summed E-state index contributed by atoms with van der Waals surface area (Å²) in [5.74, 6) is 0.345. The number of nitrogens with two attached hydrogens (primary N) is 1. The second-order valence-electron chi connectivity index (χ2n) is 7.21. The molecule has 0 saturated carbocycles. The van der Waals surface area contributed by atoms with Gasteiger partial charge in [0.15, 0.2) is 5.96 Å². The topological polar surface area (TPSA) is 82.8 Å². The zero-order valence-electron chi connectivity index (χ0n) is 17.2. The van der Waals surface area contributed by atoms with Gasteiger partial charge in [0.2, 0.25) is 5.91 Å². The smallest absolute Gasteiger partial charge is 0.369 e. The summed E-state index contributed by atoms with van der Waals surface area (Å²) in [7, 11) is 0. The Balaban J connectivity index is 0.00000450. The molecule has 0 aliphatic carbocycles. The van der Waals surface area contributed by atoms with Gasteiger partial charge in [-0.1, -0.05) is 12.1 Å². The third-order valence-corrected chi connectivity index (χ3v) is 4.90. The standard InChI is InChI=1S/C20H30F3N5O.HI/c1-2-25-19(27-13-15-6-8-17(9-7-15)20(21,22)23)26-10-4-12-28-11-3-5-16(14-28)18(24)29;/h6-9,16H,2-5,10-14H2,1H3,(H2,24,29)(H2,25,26,27);1H. The molecule has 0 radical (unpaired) electrons. The van der Waals surface area contributed by atoms with Crippen LogP contribution in [-0.2, 0) is 17.5 Å².